The molecule has 1 aliphatic rings. The van der Waals surface area contributed by atoms with Gasteiger partial charge in [0.1, 0.15) is 5.82 Å². The number of hydrogen-bond acceptors (Lipinski definition) is 4. The first-order valence-electron chi connectivity index (χ1n) is 7.63. The fourth-order valence-electron chi connectivity index (χ4n) is 2.84. The Bertz CT molecular complexity index is 740. The van der Waals surface area contributed by atoms with Crippen LogP contribution in [-0.2, 0) is 0 Å². The van der Waals surface area contributed by atoms with E-state index in [1.54, 1.807) is 11.8 Å². The van der Waals surface area contributed by atoms with Gasteiger partial charge in [0.15, 0.2) is 5.82 Å². The lowest BCUT2D eigenvalue weighted by Gasteiger charge is -2.30. The Kier molecular flexibility index (Phi) is 4.55. The third-order valence-corrected chi connectivity index (χ3v) is 4.15. The zero-order valence-electron chi connectivity index (χ0n) is 13.0. The summed E-state index contributed by atoms with van der Waals surface area (Å²) in [7, 11) is 0. The van der Waals surface area contributed by atoms with Gasteiger partial charge in [-0.15, -0.1) is 0 Å². The average molecular weight is 339 g/mol. The summed E-state index contributed by atoms with van der Waals surface area (Å²) < 4.78 is 44.0. The molecule has 0 unspecified atom stereocenters. The zero-order chi connectivity index (χ0) is 17.3. The van der Waals surface area contributed by atoms with E-state index < -0.39 is 17.8 Å². The van der Waals surface area contributed by atoms with Crippen molar-refractivity contribution in [3.8, 4) is 0 Å². The van der Waals surface area contributed by atoms with Gasteiger partial charge in [-0.2, -0.15) is 4.98 Å². The van der Waals surface area contributed by atoms with Gasteiger partial charge in [-0.1, -0.05) is 5.16 Å². The second-order valence-electron chi connectivity index (χ2n) is 5.78. The summed E-state index contributed by atoms with van der Waals surface area (Å²) in [6, 6.07) is 3.06. The van der Waals surface area contributed by atoms with E-state index in [2.05, 4.69) is 10.1 Å². The number of carbonyl (C=O) groups excluding carboxylic acids is 1. The van der Waals surface area contributed by atoms with Crippen molar-refractivity contribution in [3.05, 3.63) is 46.9 Å². The van der Waals surface area contributed by atoms with E-state index in [-0.39, 0.29) is 17.4 Å². The number of alkyl halides is 2. The minimum Gasteiger partial charge on any atom is -0.339 e. The highest BCUT2D eigenvalue weighted by molar-refractivity contribution is 5.94. The lowest BCUT2D eigenvalue weighted by atomic mass is 9.96. The van der Waals surface area contributed by atoms with Gasteiger partial charge in [-0.05, 0) is 38.0 Å². The summed E-state index contributed by atoms with van der Waals surface area (Å²) in [5.74, 6) is -0.181. The smallest absolute Gasteiger partial charge is 0.266 e. The number of likely N-dealkylation sites (tertiary alicyclic amines) is 1. The lowest BCUT2D eigenvalue weighted by Crippen LogP contribution is -2.38. The summed E-state index contributed by atoms with van der Waals surface area (Å²) in [5, 5.41) is 3.75. The van der Waals surface area contributed by atoms with E-state index >= 15 is 0 Å². The molecule has 1 amide bonds. The van der Waals surface area contributed by atoms with Gasteiger partial charge >= 0.3 is 0 Å². The molecule has 1 saturated heterocycles. The standard InChI is InChI=1S/C16H16F3N3O2/c1-9-20-15(24-21-9)10-4-6-22(7-5-10)16(23)11-2-3-13(17)12(8-11)14(18)19/h2-3,8,10,14H,4-7H2,1H3. The molecule has 0 radical (unpaired) electrons. The van der Waals surface area contributed by atoms with Crippen molar-refractivity contribution in [2.24, 2.45) is 0 Å². The first-order valence-corrected chi connectivity index (χ1v) is 7.63. The highest BCUT2D eigenvalue weighted by Gasteiger charge is 2.28. The Morgan fingerprint density at radius 2 is 2.04 bits per heavy atom. The molecule has 3 rings (SSSR count). The minimum absolute atomic E-state index is 0.0683. The van der Waals surface area contributed by atoms with E-state index in [0.717, 1.165) is 12.1 Å². The maximum Gasteiger partial charge on any atom is 0.266 e. The normalized spacial score (nSPS) is 16.0. The van der Waals surface area contributed by atoms with Crippen LogP contribution in [0.4, 0.5) is 13.2 Å². The Morgan fingerprint density at radius 1 is 1.33 bits per heavy atom. The van der Waals surface area contributed by atoms with Crippen molar-refractivity contribution < 1.29 is 22.5 Å². The highest BCUT2D eigenvalue weighted by atomic mass is 19.3. The molecule has 8 heteroatoms. The number of hydrogen-bond donors (Lipinski definition) is 0. The van der Waals surface area contributed by atoms with Gasteiger partial charge in [-0.3, -0.25) is 4.79 Å². The maximum atomic E-state index is 13.3. The van der Waals surface area contributed by atoms with Crippen molar-refractivity contribution >= 4 is 5.91 Å². The highest BCUT2D eigenvalue weighted by Crippen LogP contribution is 2.28. The van der Waals surface area contributed by atoms with Crippen LogP contribution in [0, 0.1) is 12.7 Å². The Hall–Kier alpha value is -2.38. The number of piperidine rings is 1. The summed E-state index contributed by atoms with van der Waals surface area (Å²) in [6.07, 6.45) is -1.66. The largest absolute Gasteiger partial charge is 0.339 e. The SMILES string of the molecule is Cc1noc(C2CCN(C(=O)c3ccc(F)c(C(F)F)c3)CC2)n1. The van der Waals surface area contributed by atoms with E-state index in [1.807, 2.05) is 0 Å². The van der Waals surface area contributed by atoms with Gasteiger partial charge in [-0.25, -0.2) is 13.2 Å². The fraction of sp³-hybridized carbons (Fsp3) is 0.438. The van der Waals surface area contributed by atoms with Gasteiger partial charge in [0.2, 0.25) is 5.89 Å². The molecule has 24 heavy (non-hydrogen) atoms. The summed E-state index contributed by atoms with van der Waals surface area (Å²) in [4.78, 5) is 18.2. The van der Waals surface area contributed by atoms with Crippen LogP contribution in [0.25, 0.3) is 0 Å². The topological polar surface area (TPSA) is 59.2 Å². The molecule has 1 fully saturated rings. The number of rotatable bonds is 3. The van der Waals surface area contributed by atoms with Crippen LogP contribution in [0.15, 0.2) is 22.7 Å². The molecule has 0 bridgehead atoms. The predicted molar refractivity (Wildman–Crippen MR) is 78.3 cm³/mol. The molecule has 2 aromatic rings. The van der Waals surface area contributed by atoms with Crippen LogP contribution < -0.4 is 0 Å². The summed E-state index contributed by atoms with van der Waals surface area (Å²) in [5.41, 5.74) is -0.684. The van der Waals surface area contributed by atoms with Crippen LogP contribution >= 0.6 is 0 Å². The first-order chi connectivity index (χ1) is 11.5. The Balaban J connectivity index is 1.68. The predicted octanol–water partition coefficient (Wildman–Crippen LogP) is 3.47. The molecule has 1 aromatic carbocycles. The molecule has 0 aliphatic carbocycles. The molecule has 0 atom stereocenters. The molecule has 0 N–H and O–H groups in total. The number of carbonyl (C=O) groups is 1. The van der Waals surface area contributed by atoms with Gasteiger partial charge in [0, 0.05) is 24.6 Å². The fourth-order valence-corrected chi connectivity index (χ4v) is 2.84. The van der Waals surface area contributed by atoms with Crippen molar-refractivity contribution in [1.82, 2.24) is 15.0 Å². The number of halogens is 3. The van der Waals surface area contributed by atoms with Crippen molar-refractivity contribution in [2.45, 2.75) is 32.1 Å². The number of aromatic nitrogens is 2. The van der Waals surface area contributed by atoms with Gasteiger partial charge in [0.25, 0.3) is 12.3 Å². The minimum atomic E-state index is -2.95. The second kappa shape index (κ2) is 6.62. The second-order valence-corrected chi connectivity index (χ2v) is 5.78. The number of benzene rings is 1. The van der Waals surface area contributed by atoms with E-state index in [4.69, 9.17) is 4.52 Å². The molecular weight excluding hydrogens is 323 g/mol. The van der Waals surface area contributed by atoms with Crippen molar-refractivity contribution in [2.75, 3.05) is 13.1 Å². The Labute approximate surface area is 136 Å². The molecule has 1 aliphatic heterocycles. The monoisotopic (exact) mass is 339 g/mol. The van der Waals surface area contributed by atoms with E-state index in [1.165, 1.54) is 6.07 Å². The third-order valence-electron chi connectivity index (χ3n) is 4.15. The maximum absolute atomic E-state index is 13.3. The van der Waals surface area contributed by atoms with Crippen molar-refractivity contribution in [3.63, 3.8) is 0 Å². The molecule has 2 heterocycles. The number of aryl methyl sites for hydroxylation is 1. The molecule has 0 spiro atoms. The summed E-state index contributed by atoms with van der Waals surface area (Å²) >= 11 is 0. The molecule has 0 saturated carbocycles. The van der Waals surface area contributed by atoms with Crippen LogP contribution in [0.3, 0.4) is 0 Å². The van der Waals surface area contributed by atoms with E-state index in [9.17, 15) is 18.0 Å². The number of amides is 1. The average Bonchev–Trinajstić information content (AvgIpc) is 3.01. The quantitative estimate of drug-likeness (QED) is 0.859. The Morgan fingerprint density at radius 3 is 2.62 bits per heavy atom. The van der Waals surface area contributed by atoms with Gasteiger partial charge in [0.05, 0.1) is 5.56 Å². The molecule has 1 aromatic heterocycles. The van der Waals surface area contributed by atoms with E-state index in [0.29, 0.717) is 37.6 Å². The van der Waals surface area contributed by atoms with Gasteiger partial charge < -0.3 is 9.42 Å². The van der Waals surface area contributed by atoms with Crippen LogP contribution in [0.1, 0.15) is 52.8 Å². The van der Waals surface area contributed by atoms with Crippen molar-refractivity contribution in [1.29, 1.82) is 0 Å². The van der Waals surface area contributed by atoms with Crippen LogP contribution in [-0.4, -0.2) is 34.0 Å². The zero-order valence-corrected chi connectivity index (χ0v) is 13.0. The van der Waals surface area contributed by atoms with Crippen LogP contribution in [0.2, 0.25) is 0 Å². The lowest BCUT2D eigenvalue weighted by molar-refractivity contribution is 0.0704. The first kappa shape index (κ1) is 16.5. The molecule has 128 valence electrons. The molecular formula is C16H16F3N3O2. The molecule has 5 nitrogen and oxygen atoms in total. The van der Waals surface area contributed by atoms with Crippen LogP contribution in [0.5, 0.6) is 0 Å². The number of nitrogens with zero attached hydrogens (tertiary/aromatic N) is 3. The third kappa shape index (κ3) is 3.27. The summed E-state index contributed by atoms with van der Waals surface area (Å²) in [6.45, 7) is 2.64.